The third-order valence-electron chi connectivity index (χ3n) is 5.71. The average molecular weight is 416 g/mol. The normalized spacial score (nSPS) is 16.1. The topological polar surface area (TPSA) is 109 Å². The van der Waals surface area contributed by atoms with Crippen LogP contribution in [-0.2, 0) is 0 Å². The number of benzene rings is 2. The van der Waals surface area contributed by atoms with Crippen molar-refractivity contribution in [2.75, 3.05) is 13.1 Å². The van der Waals surface area contributed by atoms with Gasteiger partial charge in [-0.1, -0.05) is 12.1 Å². The van der Waals surface area contributed by atoms with Gasteiger partial charge in [0.15, 0.2) is 5.65 Å². The molecule has 31 heavy (non-hydrogen) atoms. The van der Waals surface area contributed by atoms with E-state index in [0.29, 0.717) is 22.5 Å². The highest BCUT2D eigenvalue weighted by Gasteiger charge is 2.24. The molecule has 0 saturated carbocycles. The van der Waals surface area contributed by atoms with Crippen LogP contribution in [0.15, 0.2) is 65.6 Å². The van der Waals surface area contributed by atoms with E-state index in [1.807, 2.05) is 24.3 Å². The number of imidazole rings is 1. The Labute approximate surface area is 177 Å². The van der Waals surface area contributed by atoms with E-state index < -0.39 is 5.97 Å². The first-order valence-electron chi connectivity index (χ1n) is 10.0. The van der Waals surface area contributed by atoms with E-state index in [2.05, 4.69) is 10.3 Å². The summed E-state index contributed by atoms with van der Waals surface area (Å²) in [6.45, 7) is 1.61. The summed E-state index contributed by atoms with van der Waals surface area (Å²) in [6.07, 6.45) is 2.57. The van der Waals surface area contributed by atoms with Crippen molar-refractivity contribution < 1.29 is 15.0 Å². The fourth-order valence-corrected chi connectivity index (χ4v) is 4.19. The van der Waals surface area contributed by atoms with E-state index in [1.165, 1.54) is 12.1 Å². The quantitative estimate of drug-likeness (QED) is 0.472. The Morgan fingerprint density at radius 2 is 1.94 bits per heavy atom. The van der Waals surface area contributed by atoms with Gasteiger partial charge in [-0.25, -0.2) is 14.6 Å². The predicted octanol–water partition coefficient (Wildman–Crippen LogP) is 2.79. The molecule has 8 nitrogen and oxygen atoms in total. The maximum absolute atomic E-state index is 13.3. The summed E-state index contributed by atoms with van der Waals surface area (Å²) in [5.41, 5.74) is 3.21. The third kappa shape index (κ3) is 3.17. The Morgan fingerprint density at radius 1 is 1.13 bits per heavy atom. The lowest BCUT2D eigenvalue weighted by molar-refractivity contribution is 0.0696. The molecule has 1 atom stereocenters. The molecule has 1 fully saturated rings. The first kappa shape index (κ1) is 19.1. The van der Waals surface area contributed by atoms with Gasteiger partial charge in [-0.05, 0) is 61.0 Å². The number of hydrogen-bond donors (Lipinski definition) is 3. The Bertz CT molecular complexity index is 1350. The van der Waals surface area contributed by atoms with Gasteiger partial charge in [-0.3, -0.25) is 9.13 Å². The largest absolute Gasteiger partial charge is 0.507 e. The van der Waals surface area contributed by atoms with Crippen molar-refractivity contribution in [1.82, 2.24) is 19.4 Å². The molecule has 0 spiro atoms. The van der Waals surface area contributed by atoms with E-state index >= 15 is 0 Å². The molecule has 3 N–H and O–H groups in total. The van der Waals surface area contributed by atoms with Gasteiger partial charge in [-0.15, -0.1) is 0 Å². The maximum atomic E-state index is 13.3. The molecule has 3 heterocycles. The molecule has 0 bridgehead atoms. The van der Waals surface area contributed by atoms with E-state index in [9.17, 15) is 14.7 Å². The zero-order chi connectivity index (χ0) is 21.5. The summed E-state index contributed by atoms with van der Waals surface area (Å²) in [4.78, 5) is 28.9. The molecule has 1 aliphatic rings. The number of aromatic nitrogens is 3. The highest BCUT2D eigenvalue weighted by molar-refractivity contribution is 5.89. The maximum Gasteiger partial charge on any atom is 0.335 e. The second-order valence-electron chi connectivity index (χ2n) is 7.56. The lowest BCUT2D eigenvalue weighted by Gasteiger charge is -2.10. The standard InChI is InChI=1S/C23H20N4O4/c28-20-12-15(22(29)30)5-8-18(20)14-3-6-16(7-4-14)26-19-2-1-10-25-21(19)27(23(26)31)17-9-11-24-13-17/h1-8,10,12,17,24,28H,9,11,13H2,(H,29,30)/t17-/m0/s1. The summed E-state index contributed by atoms with van der Waals surface area (Å²) in [5.74, 6) is -1.21. The van der Waals surface area contributed by atoms with Crippen LogP contribution in [0.5, 0.6) is 5.75 Å². The van der Waals surface area contributed by atoms with Gasteiger partial charge in [0.2, 0.25) is 0 Å². The van der Waals surface area contributed by atoms with Crippen LogP contribution in [0.2, 0.25) is 0 Å². The number of carbonyl (C=O) groups is 1. The molecule has 156 valence electrons. The number of phenolic OH excluding ortho intramolecular Hbond substituents is 1. The SMILES string of the molecule is O=C(O)c1ccc(-c2ccc(-n3c(=O)n([C@H]4CCNC4)c4ncccc43)cc2)c(O)c1. The first-order chi connectivity index (χ1) is 15.0. The van der Waals surface area contributed by atoms with Crippen LogP contribution < -0.4 is 11.0 Å². The summed E-state index contributed by atoms with van der Waals surface area (Å²) in [6, 6.07) is 15.2. The number of carboxylic acid groups (broad SMARTS) is 1. The number of aromatic carboxylic acids is 1. The molecule has 2 aromatic carbocycles. The molecule has 0 aliphatic carbocycles. The number of nitrogens with zero attached hydrogens (tertiary/aromatic N) is 3. The van der Waals surface area contributed by atoms with Crippen LogP contribution in [0.4, 0.5) is 0 Å². The number of carboxylic acids is 1. The molecule has 8 heteroatoms. The second-order valence-corrected chi connectivity index (χ2v) is 7.56. The number of aromatic hydroxyl groups is 1. The molecule has 0 unspecified atom stereocenters. The average Bonchev–Trinajstić information content (AvgIpc) is 3.39. The number of pyridine rings is 1. The smallest absolute Gasteiger partial charge is 0.335 e. The molecular formula is C23H20N4O4. The summed E-state index contributed by atoms with van der Waals surface area (Å²) in [5, 5.41) is 22.6. The lowest BCUT2D eigenvalue weighted by atomic mass is 10.0. The Balaban J connectivity index is 1.59. The fourth-order valence-electron chi connectivity index (χ4n) is 4.19. The van der Waals surface area contributed by atoms with Crippen LogP contribution in [-0.4, -0.2) is 43.4 Å². The van der Waals surface area contributed by atoms with Crippen molar-refractivity contribution >= 4 is 17.1 Å². The Kier molecular flexibility index (Phi) is 4.56. The Hall–Kier alpha value is -3.91. The number of phenols is 1. The van der Waals surface area contributed by atoms with Crippen LogP contribution >= 0.6 is 0 Å². The van der Waals surface area contributed by atoms with Crippen LogP contribution in [0.1, 0.15) is 22.8 Å². The summed E-state index contributed by atoms with van der Waals surface area (Å²) in [7, 11) is 0. The lowest BCUT2D eigenvalue weighted by Crippen LogP contribution is -2.28. The molecule has 0 amide bonds. The van der Waals surface area contributed by atoms with Gasteiger partial charge >= 0.3 is 11.7 Å². The van der Waals surface area contributed by atoms with Crippen molar-refractivity contribution in [3.63, 3.8) is 0 Å². The van der Waals surface area contributed by atoms with Crippen LogP contribution in [0, 0.1) is 0 Å². The minimum atomic E-state index is -1.10. The number of hydrogen-bond acceptors (Lipinski definition) is 5. The van der Waals surface area contributed by atoms with Gasteiger partial charge in [0, 0.05) is 18.3 Å². The summed E-state index contributed by atoms with van der Waals surface area (Å²) < 4.78 is 3.41. The minimum Gasteiger partial charge on any atom is -0.507 e. The molecule has 2 aromatic heterocycles. The van der Waals surface area contributed by atoms with E-state index in [1.54, 1.807) is 33.5 Å². The van der Waals surface area contributed by atoms with Gasteiger partial charge in [0.1, 0.15) is 5.75 Å². The molecule has 1 aliphatic heterocycles. The number of rotatable bonds is 4. The molecule has 1 saturated heterocycles. The molecule has 0 radical (unpaired) electrons. The fraction of sp³-hybridized carbons (Fsp3) is 0.174. The molecule has 5 rings (SSSR count). The van der Waals surface area contributed by atoms with E-state index in [0.717, 1.165) is 25.0 Å². The minimum absolute atomic E-state index is 0.0196. The highest BCUT2D eigenvalue weighted by atomic mass is 16.4. The number of nitrogens with one attached hydrogen (secondary N) is 1. The zero-order valence-electron chi connectivity index (χ0n) is 16.5. The number of fused-ring (bicyclic) bond motifs is 1. The first-order valence-corrected chi connectivity index (χ1v) is 10.0. The monoisotopic (exact) mass is 416 g/mol. The van der Waals surface area contributed by atoms with E-state index in [4.69, 9.17) is 5.11 Å². The third-order valence-corrected chi connectivity index (χ3v) is 5.71. The van der Waals surface area contributed by atoms with Gasteiger partial charge in [-0.2, -0.15) is 0 Å². The van der Waals surface area contributed by atoms with Crippen molar-refractivity contribution in [2.24, 2.45) is 0 Å². The predicted molar refractivity (Wildman–Crippen MR) is 116 cm³/mol. The Morgan fingerprint density at radius 3 is 2.61 bits per heavy atom. The van der Waals surface area contributed by atoms with E-state index in [-0.39, 0.29) is 23.0 Å². The van der Waals surface area contributed by atoms with Gasteiger partial charge < -0.3 is 15.5 Å². The van der Waals surface area contributed by atoms with Crippen molar-refractivity contribution in [2.45, 2.75) is 12.5 Å². The van der Waals surface area contributed by atoms with Crippen LogP contribution in [0.25, 0.3) is 28.0 Å². The molecule has 4 aromatic rings. The van der Waals surface area contributed by atoms with Gasteiger partial charge in [0.25, 0.3) is 0 Å². The zero-order valence-corrected chi connectivity index (χ0v) is 16.5. The highest BCUT2D eigenvalue weighted by Crippen LogP contribution is 2.31. The van der Waals surface area contributed by atoms with Gasteiger partial charge in [0.05, 0.1) is 22.8 Å². The van der Waals surface area contributed by atoms with Crippen molar-refractivity contribution in [3.05, 3.63) is 76.8 Å². The van der Waals surface area contributed by atoms with Crippen molar-refractivity contribution in [1.29, 1.82) is 0 Å². The molecular weight excluding hydrogens is 396 g/mol. The second kappa shape index (κ2) is 7.41. The van der Waals surface area contributed by atoms with Crippen LogP contribution in [0.3, 0.4) is 0 Å². The summed E-state index contributed by atoms with van der Waals surface area (Å²) >= 11 is 0. The van der Waals surface area contributed by atoms with Crippen molar-refractivity contribution in [3.8, 4) is 22.6 Å².